The van der Waals surface area contributed by atoms with E-state index in [2.05, 4.69) is 0 Å². The third-order valence-electron chi connectivity index (χ3n) is 5.63. The Kier molecular flexibility index (Phi) is 4.96. The molecule has 4 rings (SSSR count). The van der Waals surface area contributed by atoms with Crippen LogP contribution in [-0.4, -0.2) is 47.2 Å². The summed E-state index contributed by atoms with van der Waals surface area (Å²) < 4.78 is 0. The van der Waals surface area contributed by atoms with Crippen LogP contribution in [0.2, 0.25) is 0 Å². The summed E-state index contributed by atoms with van der Waals surface area (Å²) in [6, 6.07) is 14.0. The molecule has 0 aliphatic carbocycles. The van der Waals surface area contributed by atoms with Crippen molar-refractivity contribution in [2.45, 2.75) is 19.4 Å². The van der Waals surface area contributed by atoms with E-state index in [9.17, 15) is 14.4 Å². The van der Waals surface area contributed by atoms with Gasteiger partial charge in [0.2, 0.25) is 0 Å². The van der Waals surface area contributed by atoms with Crippen LogP contribution in [0.15, 0.2) is 48.5 Å². The van der Waals surface area contributed by atoms with Crippen LogP contribution in [0.3, 0.4) is 0 Å². The van der Waals surface area contributed by atoms with E-state index >= 15 is 0 Å². The summed E-state index contributed by atoms with van der Waals surface area (Å²) in [7, 11) is 0. The van der Waals surface area contributed by atoms with Gasteiger partial charge in [0.15, 0.2) is 0 Å². The second-order valence-electron chi connectivity index (χ2n) is 7.41. The van der Waals surface area contributed by atoms with Gasteiger partial charge in [-0.05, 0) is 55.1 Å². The molecule has 2 N–H and O–H groups in total. The number of likely N-dealkylation sites (tertiary alicyclic amines) is 1. The molecule has 1 fully saturated rings. The molecule has 0 atom stereocenters. The quantitative estimate of drug-likeness (QED) is 0.829. The standard InChI is InChI=1S/C22H23N3O3/c23-13-15-8-10-24(11-9-15)20(26)17-5-3-4-16(12-17)14-25-21(27)18-6-1-2-7-19(18)22(25)28/h1-7,12,15H,8-11,13-14,23H2. The number of benzene rings is 2. The molecule has 0 bridgehead atoms. The second kappa shape index (κ2) is 7.56. The number of piperidine rings is 1. The summed E-state index contributed by atoms with van der Waals surface area (Å²) in [5, 5.41) is 0. The molecule has 2 aliphatic heterocycles. The zero-order valence-corrected chi connectivity index (χ0v) is 15.6. The Labute approximate surface area is 163 Å². The summed E-state index contributed by atoms with van der Waals surface area (Å²) in [5.41, 5.74) is 7.94. The van der Waals surface area contributed by atoms with Crippen LogP contribution in [-0.2, 0) is 6.54 Å². The van der Waals surface area contributed by atoms with Gasteiger partial charge in [-0.15, -0.1) is 0 Å². The lowest BCUT2D eigenvalue weighted by Crippen LogP contribution is -2.40. The van der Waals surface area contributed by atoms with E-state index in [0.717, 1.165) is 18.4 Å². The van der Waals surface area contributed by atoms with E-state index < -0.39 is 0 Å². The highest BCUT2D eigenvalue weighted by atomic mass is 16.2. The number of hydrogen-bond donors (Lipinski definition) is 1. The molecule has 144 valence electrons. The van der Waals surface area contributed by atoms with Crippen molar-refractivity contribution in [1.29, 1.82) is 0 Å². The first-order chi connectivity index (χ1) is 13.6. The SMILES string of the molecule is NCC1CCN(C(=O)c2cccc(CN3C(=O)c4ccccc4C3=O)c2)CC1. The summed E-state index contributed by atoms with van der Waals surface area (Å²) in [5.74, 6) is -0.105. The van der Waals surface area contributed by atoms with Crippen LogP contribution in [0.1, 0.15) is 49.5 Å². The Bertz CT molecular complexity index is 897. The molecular formula is C22H23N3O3. The zero-order valence-electron chi connectivity index (χ0n) is 15.6. The van der Waals surface area contributed by atoms with Crippen LogP contribution in [0, 0.1) is 5.92 Å². The third-order valence-corrected chi connectivity index (χ3v) is 5.63. The lowest BCUT2D eigenvalue weighted by molar-refractivity contribution is 0.0641. The minimum absolute atomic E-state index is 0.0142. The van der Waals surface area contributed by atoms with E-state index in [4.69, 9.17) is 5.73 Å². The van der Waals surface area contributed by atoms with Crippen LogP contribution in [0.25, 0.3) is 0 Å². The number of amides is 3. The molecule has 0 aromatic heterocycles. The summed E-state index contributed by atoms with van der Waals surface area (Å²) >= 11 is 0. The summed E-state index contributed by atoms with van der Waals surface area (Å²) in [6.45, 7) is 2.24. The maximum atomic E-state index is 12.8. The molecular weight excluding hydrogens is 354 g/mol. The minimum Gasteiger partial charge on any atom is -0.339 e. The number of carbonyl (C=O) groups excluding carboxylic acids is 3. The van der Waals surface area contributed by atoms with Crippen molar-refractivity contribution in [3.63, 3.8) is 0 Å². The molecule has 2 aromatic carbocycles. The second-order valence-corrected chi connectivity index (χ2v) is 7.41. The van der Waals surface area contributed by atoms with E-state index in [1.807, 2.05) is 11.0 Å². The molecule has 1 saturated heterocycles. The van der Waals surface area contributed by atoms with Crippen LogP contribution in [0.5, 0.6) is 0 Å². The Morgan fingerprint density at radius 1 is 0.964 bits per heavy atom. The number of carbonyl (C=O) groups is 3. The topological polar surface area (TPSA) is 83.7 Å². The Balaban J connectivity index is 1.48. The number of nitrogens with two attached hydrogens (primary N) is 1. The Morgan fingerprint density at radius 3 is 2.21 bits per heavy atom. The van der Waals surface area contributed by atoms with E-state index in [1.165, 1.54) is 4.90 Å². The van der Waals surface area contributed by atoms with Crippen molar-refractivity contribution in [3.8, 4) is 0 Å². The Morgan fingerprint density at radius 2 is 1.61 bits per heavy atom. The lowest BCUT2D eigenvalue weighted by atomic mass is 9.96. The highest BCUT2D eigenvalue weighted by molar-refractivity contribution is 6.21. The van der Waals surface area contributed by atoms with Crippen molar-refractivity contribution in [2.24, 2.45) is 11.7 Å². The van der Waals surface area contributed by atoms with Crippen molar-refractivity contribution in [3.05, 3.63) is 70.8 Å². The van der Waals surface area contributed by atoms with Crippen molar-refractivity contribution in [2.75, 3.05) is 19.6 Å². The maximum absolute atomic E-state index is 12.8. The van der Waals surface area contributed by atoms with Gasteiger partial charge < -0.3 is 10.6 Å². The minimum atomic E-state index is -0.291. The molecule has 0 unspecified atom stereocenters. The number of fused-ring (bicyclic) bond motifs is 1. The van der Waals surface area contributed by atoms with Crippen molar-refractivity contribution < 1.29 is 14.4 Å². The molecule has 2 aromatic rings. The average molecular weight is 377 g/mol. The molecule has 0 radical (unpaired) electrons. The Hall–Kier alpha value is -2.99. The zero-order chi connectivity index (χ0) is 19.7. The van der Waals surface area contributed by atoms with E-state index in [-0.39, 0.29) is 24.3 Å². The summed E-state index contributed by atoms with van der Waals surface area (Å²) in [4.78, 5) is 41.0. The fraction of sp³-hybridized carbons (Fsp3) is 0.318. The normalized spacial score (nSPS) is 17.2. The fourth-order valence-electron chi connectivity index (χ4n) is 3.92. The van der Waals surface area contributed by atoms with E-state index in [0.29, 0.717) is 42.2 Å². The highest BCUT2D eigenvalue weighted by Crippen LogP contribution is 2.25. The van der Waals surface area contributed by atoms with Crippen molar-refractivity contribution in [1.82, 2.24) is 9.80 Å². The van der Waals surface area contributed by atoms with Gasteiger partial charge in [-0.3, -0.25) is 19.3 Å². The monoisotopic (exact) mass is 377 g/mol. The smallest absolute Gasteiger partial charge is 0.261 e. The van der Waals surface area contributed by atoms with Gasteiger partial charge in [0.1, 0.15) is 0 Å². The first-order valence-electron chi connectivity index (χ1n) is 9.62. The number of imide groups is 1. The molecule has 0 spiro atoms. The number of rotatable bonds is 4. The van der Waals surface area contributed by atoms with Gasteiger partial charge in [-0.2, -0.15) is 0 Å². The number of nitrogens with zero attached hydrogens (tertiary/aromatic N) is 2. The molecule has 3 amide bonds. The van der Waals surface area contributed by atoms with Crippen molar-refractivity contribution >= 4 is 17.7 Å². The van der Waals surface area contributed by atoms with Gasteiger partial charge in [0.25, 0.3) is 17.7 Å². The first-order valence-corrected chi connectivity index (χ1v) is 9.62. The van der Waals surface area contributed by atoms with Gasteiger partial charge in [-0.25, -0.2) is 0 Å². The van der Waals surface area contributed by atoms with Crippen LogP contribution >= 0.6 is 0 Å². The van der Waals surface area contributed by atoms with E-state index in [1.54, 1.807) is 42.5 Å². The van der Waals surface area contributed by atoms with Gasteiger partial charge >= 0.3 is 0 Å². The third kappa shape index (κ3) is 3.31. The predicted molar refractivity (Wildman–Crippen MR) is 105 cm³/mol. The first kappa shape index (κ1) is 18.4. The van der Waals surface area contributed by atoms with Crippen LogP contribution < -0.4 is 5.73 Å². The average Bonchev–Trinajstić information content (AvgIpc) is 2.98. The molecule has 6 nitrogen and oxygen atoms in total. The van der Waals surface area contributed by atoms with Crippen LogP contribution in [0.4, 0.5) is 0 Å². The molecule has 2 aliphatic rings. The lowest BCUT2D eigenvalue weighted by Gasteiger charge is -2.31. The maximum Gasteiger partial charge on any atom is 0.261 e. The largest absolute Gasteiger partial charge is 0.339 e. The van der Waals surface area contributed by atoms with Gasteiger partial charge in [0, 0.05) is 18.7 Å². The molecule has 0 saturated carbocycles. The predicted octanol–water partition coefficient (Wildman–Crippen LogP) is 2.29. The summed E-state index contributed by atoms with van der Waals surface area (Å²) in [6.07, 6.45) is 1.86. The number of hydrogen-bond acceptors (Lipinski definition) is 4. The van der Waals surface area contributed by atoms with Gasteiger partial charge in [0.05, 0.1) is 17.7 Å². The van der Waals surface area contributed by atoms with Gasteiger partial charge in [-0.1, -0.05) is 24.3 Å². The molecule has 6 heteroatoms. The molecule has 28 heavy (non-hydrogen) atoms. The highest BCUT2D eigenvalue weighted by Gasteiger charge is 2.35. The molecule has 2 heterocycles. The fourth-order valence-corrected chi connectivity index (χ4v) is 3.92.